The molecule has 0 heterocycles. The standard InChI is InChI=1S/C14H24N2OS/c1-2-13(6-5-7-13)10-16-12(17)14(11(15)18)8-3-4-9-14/h2-10H2,1H3,(H2,15,18)(H,16,17). The summed E-state index contributed by atoms with van der Waals surface area (Å²) in [6, 6.07) is 0. The van der Waals surface area contributed by atoms with Crippen molar-refractivity contribution < 1.29 is 4.79 Å². The largest absolute Gasteiger partial charge is 0.392 e. The van der Waals surface area contributed by atoms with Gasteiger partial charge in [0.25, 0.3) is 0 Å². The van der Waals surface area contributed by atoms with E-state index in [1.54, 1.807) is 0 Å². The number of hydrogen-bond acceptors (Lipinski definition) is 2. The van der Waals surface area contributed by atoms with Gasteiger partial charge in [-0.3, -0.25) is 4.79 Å². The molecule has 0 aromatic heterocycles. The summed E-state index contributed by atoms with van der Waals surface area (Å²) >= 11 is 5.14. The fourth-order valence-corrected chi connectivity index (χ4v) is 3.63. The van der Waals surface area contributed by atoms with Gasteiger partial charge in [0.05, 0.1) is 10.4 Å². The Hall–Kier alpha value is -0.640. The van der Waals surface area contributed by atoms with Crippen molar-refractivity contribution in [3.05, 3.63) is 0 Å². The zero-order valence-electron chi connectivity index (χ0n) is 11.3. The topological polar surface area (TPSA) is 55.1 Å². The minimum Gasteiger partial charge on any atom is -0.392 e. The molecule has 18 heavy (non-hydrogen) atoms. The first-order valence-corrected chi connectivity index (χ1v) is 7.54. The van der Waals surface area contributed by atoms with Gasteiger partial charge in [-0.15, -0.1) is 0 Å². The van der Waals surface area contributed by atoms with Gasteiger partial charge >= 0.3 is 0 Å². The zero-order chi connectivity index (χ0) is 13.2. The number of hydrogen-bond donors (Lipinski definition) is 2. The Labute approximate surface area is 115 Å². The first kappa shape index (κ1) is 13.8. The molecule has 3 nitrogen and oxygen atoms in total. The van der Waals surface area contributed by atoms with E-state index >= 15 is 0 Å². The predicted molar refractivity (Wildman–Crippen MR) is 77.3 cm³/mol. The molecule has 0 spiro atoms. The van der Waals surface area contributed by atoms with Crippen LogP contribution in [0.4, 0.5) is 0 Å². The van der Waals surface area contributed by atoms with Crippen molar-refractivity contribution in [2.24, 2.45) is 16.6 Å². The van der Waals surface area contributed by atoms with Gasteiger partial charge < -0.3 is 11.1 Å². The normalized spacial score (nSPS) is 24.3. The molecule has 0 aliphatic heterocycles. The third kappa shape index (κ3) is 2.27. The second-order valence-electron chi connectivity index (χ2n) is 6.04. The summed E-state index contributed by atoms with van der Waals surface area (Å²) in [4.78, 5) is 12.8. The molecule has 2 fully saturated rings. The van der Waals surface area contributed by atoms with E-state index in [1.807, 2.05) is 0 Å². The zero-order valence-corrected chi connectivity index (χ0v) is 12.1. The van der Waals surface area contributed by atoms with Gasteiger partial charge in [-0.2, -0.15) is 0 Å². The Kier molecular flexibility index (Phi) is 3.95. The van der Waals surface area contributed by atoms with Crippen LogP contribution < -0.4 is 11.1 Å². The van der Waals surface area contributed by atoms with Crippen molar-refractivity contribution in [1.29, 1.82) is 0 Å². The van der Waals surface area contributed by atoms with Crippen LogP contribution in [-0.2, 0) is 4.79 Å². The van der Waals surface area contributed by atoms with E-state index in [0.717, 1.165) is 38.6 Å². The van der Waals surface area contributed by atoms with Crippen LogP contribution in [0.15, 0.2) is 0 Å². The van der Waals surface area contributed by atoms with Gasteiger partial charge in [-0.1, -0.05) is 38.4 Å². The molecule has 2 aliphatic carbocycles. The Morgan fingerprint density at radius 3 is 2.22 bits per heavy atom. The summed E-state index contributed by atoms with van der Waals surface area (Å²) in [7, 11) is 0. The third-order valence-corrected chi connectivity index (χ3v) is 5.54. The lowest BCUT2D eigenvalue weighted by Crippen LogP contribution is -2.51. The summed E-state index contributed by atoms with van der Waals surface area (Å²) in [5.74, 6) is 0.0761. The quantitative estimate of drug-likeness (QED) is 0.753. The average Bonchev–Trinajstić information content (AvgIpc) is 2.78. The lowest BCUT2D eigenvalue weighted by atomic mass is 9.67. The maximum Gasteiger partial charge on any atom is 0.233 e. The van der Waals surface area contributed by atoms with Crippen LogP contribution in [0, 0.1) is 10.8 Å². The van der Waals surface area contributed by atoms with Crippen molar-refractivity contribution in [2.75, 3.05) is 6.54 Å². The van der Waals surface area contributed by atoms with Gasteiger partial charge in [0, 0.05) is 6.54 Å². The average molecular weight is 268 g/mol. The van der Waals surface area contributed by atoms with E-state index < -0.39 is 5.41 Å². The van der Waals surface area contributed by atoms with Gasteiger partial charge in [-0.05, 0) is 37.5 Å². The summed E-state index contributed by atoms with van der Waals surface area (Å²) in [5, 5.41) is 3.13. The number of nitrogens with two attached hydrogens (primary N) is 1. The van der Waals surface area contributed by atoms with E-state index in [2.05, 4.69) is 12.2 Å². The van der Waals surface area contributed by atoms with Crippen LogP contribution in [0.5, 0.6) is 0 Å². The SMILES string of the molecule is CCC1(CNC(=O)C2(C(N)=S)CCCC2)CCC1. The van der Waals surface area contributed by atoms with Crippen LogP contribution in [0.1, 0.15) is 58.3 Å². The molecule has 0 radical (unpaired) electrons. The Morgan fingerprint density at radius 2 is 1.83 bits per heavy atom. The van der Waals surface area contributed by atoms with Crippen LogP contribution in [0.3, 0.4) is 0 Å². The van der Waals surface area contributed by atoms with Gasteiger partial charge in [-0.25, -0.2) is 0 Å². The van der Waals surface area contributed by atoms with Crippen molar-refractivity contribution in [1.82, 2.24) is 5.32 Å². The maximum atomic E-state index is 12.4. The predicted octanol–water partition coefficient (Wildman–Crippen LogP) is 2.53. The molecule has 0 atom stereocenters. The van der Waals surface area contributed by atoms with Crippen LogP contribution in [0.2, 0.25) is 0 Å². The number of thiocarbonyl (C=S) groups is 1. The summed E-state index contributed by atoms with van der Waals surface area (Å²) in [6.07, 6.45) is 8.69. The lowest BCUT2D eigenvalue weighted by molar-refractivity contribution is -0.128. The minimum absolute atomic E-state index is 0.0761. The molecule has 3 N–H and O–H groups in total. The molecule has 0 saturated heterocycles. The highest BCUT2D eigenvalue weighted by Crippen LogP contribution is 2.44. The maximum absolute atomic E-state index is 12.4. The Morgan fingerprint density at radius 1 is 1.22 bits per heavy atom. The van der Waals surface area contributed by atoms with Crippen molar-refractivity contribution >= 4 is 23.1 Å². The molecule has 2 saturated carbocycles. The molecule has 1 amide bonds. The highest BCUT2D eigenvalue weighted by atomic mass is 32.1. The molecule has 0 bridgehead atoms. The van der Waals surface area contributed by atoms with Crippen LogP contribution in [0.25, 0.3) is 0 Å². The Bertz CT molecular complexity index is 338. The Balaban J connectivity index is 1.96. The second kappa shape index (κ2) is 5.16. The molecule has 2 rings (SSSR count). The van der Waals surface area contributed by atoms with Crippen LogP contribution >= 0.6 is 12.2 Å². The number of rotatable bonds is 5. The molecule has 2 aliphatic rings. The first-order valence-electron chi connectivity index (χ1n) is 7.13. The lowest BCUT2D eigenvalue weighted by Gasteiger charge is -2.42. The van der Waals surface area contributed by atoms with E-state index in [4.69, 9.17) is 18.0 Å². The number of carbonyl (C=O) groups excluding carboxylic acids is 1. The molecule has 4 heteroatoms. The second-order valence-corrected chi connectivity index (χ2v) is 6.48. The van der Waals surface area contributed by atoms with Gasteiger partial charge in [0.15, 0.2) is 0 Å². The van der Waals surface area contributed by atoms with Gasteiger partial charge in [0.1, 0.15) is 0 Å². The highest BCUT2D eigenvalue weighted by Gasteiger charge is 2.45. The number of carbonyl (C=O) groups is 1. The van der Waals surface area contributed by atoms with Crippen molar-refractivity contribution in [3.8, 4) is 0 Å². The number of nitrogens with one attached hydrogen (secondary N) is 1. The first-order chi connectivity index (χ1) is 8.55. The van der Waals surface area contributed by atoms with Crippen molar-refractivity contribution in [3.63, 3.8) is 0 Å². The highest BCUT2D eigenvalue weighted by molar-refractivity contribution is 7.80. The van der Waals surface area contributed by atoms with Crippen molar-refractivity contribution in [2.45, 2.75) is 58.3 Å². The van der Waals surface area contributed by atoms with Gasteiger partial charge in [0.2, 0.25) is 5.91 Å². The molecular weight excluding hydrogens is 244 g/mol. The molecule has 102 valence electrons. The fourth-order valence-electron chi connectivity index (χ4n) is 3.33. The third-order valence-electron chi connectivity index (χ3n) is 5.15. The summed E-state index contributed by atoms with van der Waals surface area (Å²) < 4.78 is 0. The number of amides is 1. The van der Waals surface area contributed by atoms with E-state index in [0.29, 0.717) is 10.4 Å². The minimum atomic E-state index is -0.548. The van der Waals surface area contributed by atoms with E-state index in [1.165, 1.54) is 19.3 Å². The van der Waals surface area contributed by atoms with Crippen LogP contribution in [-0.4, -0.2) is 17.4 Å². The fraction of sp³-hybridized carbons (Fsp3) is 0.857. The smallest absolute Gasteiger partial charge is 0.233 e. The summed E-state index contributed by atoms with van der Waals surface area (Å²) in [5.41, 5.74) is 5.63. The monoisotopic (exact) mass is 268 g/mol. The molecule has 0 aromatic rings. The van der Waals surface area contributed by atoms with E-state index in [-0.39, 0.29) is 5.91 Å². The summed E-state index contributed by atoms with van der Waals surface area (Å²) in [6.45, 7) is 3.01. The molecule has 0 unspecified atom stereocenters. The molecular formula is C14H24N2OS. The van der Waals surface area contributed by atoms with E-state index in [9.17, 15) is 4.79 Å². The molecule has 0 aromatic carbocycles.